The van der Waals surface area contributed by atoms with Crippen LogP contribution in [0, 0.1) is 11.8 Å². The number of carbonyl (C=O) groups is 1. The van der Waals surface area contributed by atoms with Crippen LogP contribution in [-0.4, -0.2) is 6.29 Å². The Kier molecular flexibility index (Phi) is 5.07. The quantitative estimate of drug-likeness (QED) is 0.490. The van der Waals surface area contributed by atoms with Crippen LogP contribution < -0.4 is 0 Å². The van der Waals surface area contributed by atoms with Crippen molar-refractivity contribution in [2.45, 2.75) is 59.3 Å². The van der Waals surface area contributed by atoms with E-state index < -0.39 is 0 Å². The van der Waals surface area contributed by atoms with Crippen molar-refractivity contribution in [1.29, 1.82) is 0 Å². The summed E-state index contributed by atoms with van der Waals surface area (Å²) in [4.78, 5) is 10.3. The van der Waals surface area contributed by atoms with Crippen LogP contribution in [0.4, 0.5) is 0 Å². The van der Waals surface area contributed by atoms with Gasteiger partial charge < -0.3 is 4.79 Å². The van der Waals surface area contributed by atoms with Gasteiger partial charge in [-0.05, 0) is 50.9 Å². The van der Waals surface area contributed by atoms with Crippen LogP contribution in [0.2, 0.25) is 0 Å². The number of rotatable bonds is 5. The molecule has 1 aliphatic rings. The van der Waals surface area contributed by atoms with Gasteiger partial charge in [0.1, 0.15) is 6.29 Å². The highest BCUT2D eigenvalue weighted by molar-refractivity contribution is 5.50. The fourth-order valence-electron chi connectivity index (χ4n) is 2.71. The fourth-order valence-corrected chi connectivity index (χ4v) is 2.71. The van der Waals surface area contributed by atoms with Gasteiger partial charge in [-0.2, -0.15) is 0 Å². The molecule has 1 rings (SSSR count). The Morgan fingerprint density at radius 3 is 2.73 bits per heavy atom. The molecule has 86 valence electrons. The maximum Gasteiger partial charge on any atom is 0.120 e. The topological polar surface area (TPSA) is 17.1 Å². The molecule has 15 heavy (non-hydrogen) atoms. The second-order valence-electron chi connectivity index (χ2n) is 5.33. The summed E-state index contributed by atoms with van der Waals surface area (Å²) >= 11 is 0. The highest BCUT2D eigenvalue weighted by atomic mass is 16.1. The molecular weight excluding hydrogens is 184 g/mol. The van der Waals surface area contributed by atoms with Gasteiger partial charge in [-0.25, -0.2) is 0 Å². The molecule has 0 N–H and O–H groups in total. The molecule has 1 aliphatic carbocycles. The molecule has 0 aromatic carbocycles. The van der Waals surface area contributed by atoms with Crippen LogP contribution in [0.1, 0.15) is 59.3 Å². The average Bonchev–Trinajstić information content (AvgIpc) is 2.15. The minimum atomic E-state index is 0.710. The van der Waals surface area contributed by atoms with Crippen molar-refractivity contribution in [3.8, 4) is 0 Å². The Hall–Kier alpha value is -0.590. The molecule has 0 fully saturated rings. The molecule has 1 nitrogen and oxygen atoms in total. The van der Waals surface area contributed by atoms with Gasteiger partial charge in [0, 0.05) is 6.42 Å². The third-order valence-electron chi connectivity index (χ3n) is 3.42. The number of aldehydes is 1. The third kappa shape index (κ3) is 4.19. The highest BCUT2D eigenvalue weighted by Gasteiger charge is 2.18. The van der Waals surface area contributed by atoms with Gasteiger partial charge >= 0.3 is 0 Å². The van der Waals surface area contributed by atoms with Crippen molar-refractivity contribution in [1.82, 2.24) is 0 Å². The molecule has 0 radical (unpaired) electrons. The first kappa shape index (κ1) is 12.5. The van der Waals surface area contributed by atoms with Crippen LogP contribution in [0.25, 0.3) is 0 Å². The largest absolute Gasteiger partial charge is 0.303 e. The second kappa shape index (κ2) is 6.09. The lowest BCUT2D eigenvalue weighted by molar-refractivity contribution is -0.107. The Labute approximate surface area is 93.9 Å². The molecule has 0 saturated heterocycles. The van der Waals surface area contributed by atoms with Crippen LogP contribution in [0.5, 0.6) is 0 Å². The minimum Gasteiger partial charge on any atom is -0.303 e. The zero-order chi connectivity index (χ0) is 11.3. The van der Waals surface area contributed by atoms with E-state index in [9.17, 15) is 4.79 Å². The third-order valence-corrected chi connectivity index (χ3v) is 3.42. The molecule has 0 spiro atoms. The van der Waals surface area contributed by atoms with Crippen molar-refractivity contribution in [3.05, 3.63) is 11.1 Å². The zero-order valence-electron chi connectivity index (χ0n) is 10.4. The van der Waals surface area contributed by atoms with Crippen LogP contribution in [-0.2, 0) is 4.79 Å². The molecule has 1 unspecified atom stereocenters. The molecule has 0 aromatic heterocycles. The van der Waals surface area contributed by atoms with E-state index in [-0.39, 0.29) is 0 Å². The second-order valence-corrected chi connectivity index (χ2v) is 5.33. The number of hydrogen-bond acceptors (Lipinski definition) is 1. The summed E-state index contributed by atoms with van der Waals surface area (Å²) in [6.45, 7) is 6.87. The SMILES string of the molecule is CC1=C(CCC=O)CCC(CC(C)C)C1. The lowest BCUT2D eigenvalue weighted by Crippen LogP contribution is -2.11. The zero-order valence-corrected chi connectivity index (χ0v) is 10.4. The van der Waals surface area contributed by atoms with Crippen LogP contribution >= 0.6 is 0 Å². The molecule has 0 aromatic rings. The van der Waals surface area contributed by atoms with Gasteiger partial charge in [0.25, 0.3) is 0 Å². The molecule has 0 heterocycles. The number of carbonyl (C=O) groups excluding carboxylic acids is 1. The summed E-state index contributed by atoms with van der Waals surface area (Å²) in [5.74, 6) is 1.71. The summed E-state index contributed by atoms with van der Waals surface area (Å²) in [5.41, 5.74) is 3.12. The van der Waals surface area contributed by atoms with E-state index in [1.54, 1.807) is 11.1 Å². The standard InChI is InChI=1S/C14H24O/c1-11(2)9-13-6-7-14(5-4-8-15)12(3)10-13/h8,11,13H,4-7,9-10H2,1-3H3. The van der Waals surface area contributed by atoms with Crippen molar-refractivity contribution in [3.63, 3.8) is 0 Å². The first-order valence-corrected chi connectivity index (χ1v) is 6.24. The van der Waals surface area contributed by atoms with Gasteiger partial charge in [0.15, 0.2) is 0 Å². The fraction of sp³-hybridized carbons (Fsp3) is 0.786. The molecule has 0 amide bonds. The maximum absolute atomic E-state index is 10.3. The summed E-state index contributed by atoms with van der Waals surface area (Å²) in [5, 5.41) is 0. The highest BCUT2D eigenvalue weighted by Crippen LogP contribution is 2.34. The van der Waals surface area contributed by atoms with Crippen LogP contribution in [0.3, 0.4) is 0 Å². The van der Waals surface area contributed by atoms with Crippen molar-refractivity contribution in [2.24, 2.45) is 11.8 Å². The van der Waals surface area contributed by atoms with E-state index in [0.29, 0.717) is 6.42 Å². The van der Waals surface area contributed by atoms with E-state index in [1.807, 2.05) is 0 Å². The lowest BCUT2D eigenvalue weighted by Gasteiger charge is -2.26. The summed E-state index contributed by atoms with van der Waals surface area (Å²) in [6, 6.07) is 0. The first-order chi connectivity index (χ1) is 7.13. The van der Waals surface area contributed by atoms with Crippen LogP contribution in [0.15, 0.2) is 11.1 Å². The minimum absolute atomic E-state index is 0.710. The smallest absolute Gasteiger partial charge is 0.120 e. The normalized spacial score (nSPS) is 22.3. The summed E-state index contributed by atoms with van der Waals surface area (Å²) < 4.78 is 0. The summed E-state index contributed by atoms with van der Waals surface area (Å²) in [7, 11) is 0. The van der Waals surface area contributed by atoms with E-state index in [1.165, 1.54) is 25.7 Å². The van der Waals surface area contributed by atoms with Gasteiger partial charge in [-0.1, -0.05) is 25.0 Å². The summed E-state index contributed by atoms with van der Waals surface area (Å²) in [6.07, 6.45) is 7.96. The van der Waals surface area contributed by atoms with Crippen molar-refractivity contribution >= 4 is 6.29 Å². The molecule has 0 saturated carbocycles. The average molecular weight is 208 g/mol. The Balaban J connectivity index is 2.45. The van der Waals surface area contributed by atoms with Crippen molar-refractivity contribution < 1.29 is 4.79 Å². The molecule has 0 aliphatic heterocycles. The van der Waals surface area contributed by atoms with E-state index in [0.717, 1.165) is 24.5 Å². The predicted molar refractivity (Wildman–Crippen MR) is 64.8 cm³/mol. The molecular formula is C14H24O. The van der Waals surface area contributed by atoms with Gasteiger partial charge in [0.2, 0.25) is 0 Å². The Bertz CT molecular complexity index is 238. The molecule has 1 heteroatoms. The number of hydrogen-bond donors (Lipinski definition) is 0. The maximum atomic E-state index is 10.3. The van der Waals surface area contributed by atoms with Crippen molar-refractivity contribution in [2.75, 3.05) is 0 Å². The monoisotopic (exact) mass is 208 g/mol. The van der Waals surface area contributed by atoms with E-state index >= 15 is 0 Å². The first-order valence-electron chi connectivity index (χ1n) is 6.24. The molecule has 1 atom stereocenters. The van der Waals surface area contributed by atoms with E-state index in [2.05, 4.69) is 20.8 Å². The Morgan fingerprint density at radius 1 is 1.47 bits per heavy atom. The number of allylic oxidation sites excluding steroid dienone is 2. The van der Waals surface area contributed by atoms with Gasteiger partial charge in [-0.3, -0.25) is 0 Å². The molecule has 0 bridgehead atoms. The predicted octanol–water partition coefficient (Wildman–Crippen LogP) is 4.13. The van der Waals surface area contributed by atoms with E-state index in [4.69, 9.17) is 0 Å². The van der Waals surface area contributed by atoms with Gasteiger partial charge in [-0.15, -0.1) is 0 Å². The van der Waals surface area contributed by atoms with Gasteiger partial charge in [0.05, 0.1) is 0 Å². The lowest BCUT2D eigenvalue weighted by atomic mass is 9.79. The Morgan fingerprint density at radius 2 is 2.20 bits per heavy atom.